The second kappa shape index (κ2) is 5.28. The molecule has 1 N–H and O–H groups in total. The second-order valence-electron chi connectivity index (χ2n) is 4.90. The van der Waals surface area contributed by atoms with E-state index in [2.05, 4.69) is 10.3 Å². The molecule has 9 heteroatoms. The zero-order chi connectivity index (χ0) is 15.8. The summed E-state index contributed by atoms with van der Waals surface area (Å²) in [6, 6.07) is 2.01. The quantitative estimate of drug-likeness (QED) is 0.918. The van der Waals surface area contributed by atoms with Gasteiger partial charge in [-0.25, -0.2) is 13.4 Å². The maximum atomic E-state index is 12.6. The van der Waals surface area contributed by atoms with Crippen LogP contribution in [-0.2, 0) is 9.84 Å². The van der Waals surface area contributed by atoms with Crippen molar-refractivity contribution in [2.75, 3.05) is 0 Å². The highest BCUT2D eigenvalue weighted by Crippen LogP contribution is 2.33. The first-order valence-corrected chi connectivity index (χ1v) is 7.70. The van der Waals surface area contributed by atoms with Crippen molar-refractivity contribution in [1.82, 2.24) is 10.3 Å². The van der Waals surface area contributed by atoms with Gasteiger partial charge >= 0.3 is 5.51 Å². The van der Waals surface area contributed by atoms with Crippen LogP contribution in [0.2, 0.25) is 0 Å². The number of hydrogen-bond acceptors (Lipinski definition) is 4. The maximum Gasteiger partial charge on any atom is 0.503 e. The van der Waals surface area contributed by atoms with Crippen LogP contribution in [0.25, 0.3) is 0 Å². The molecule has 1 fully saturated rings. The summed E-state index contributed by atoms with van der Waals surface area (Å²) in [5.74, 6) is -0.585. The predicted octanol–water partition coefficient (Wildman–Crippen LogP) is 1.90. The van der Waals surface area contributed by atoms with Crippen molar-refractivity contribution < 1.29 is 26.4 Å². The summed E-state index contributed by atoms with van der Waals surface area (Å²) in [4.78, 5) is 15.2. The van der Waals surface area contributed by atoms with Gasteiger partial charge in [-0.1, -0.05) is 0 Å². The number of halogens is 3. The minimum absolute atomic E-state index is 0.223. The highest BCUT2D eigenvalue weighted by molar-refractivity contribution is 7.92. The van der Waals surface area contributed by atoms with Gasteiger partial charge in [0.1, 0.15) is 0 Å². The van der Waals surface area contributed by atoms with E-state index >= 15 is 0 Å². The van der Waals surface area contributed by atoms with Gasteiger partial charge in [0.15, 0.2) is 5.03 Å². The SMILES string of the molecule is C[C@@H](NC(=O)c1cccnc1S(=O)(=O)C(F)(F)F)C1CC1. The van der Waals surface area contributed by atoms with E-state index in [9.17, 15) is 26.4 Å². The summed E-state index contributed by atoms with van der Waals surface area (Å²) in [7, 11) is -5.66. The fourth-order valence-electron chi connectivity index (χ4n) is 1.89. The van der Waals surface area contributed by atoms with Crippen molar-refractivity contribution in [3.63, 3.8) is 0 Å². The van der Waals surface area contributed by atoms with Gasteiger partial charge in [-0.15, -0.1) is 0 Å². The number of aromatic nitrogens is 1. The molecule has 1 aromatic rings. The fraction of sp³-hybridized carbons (Fsp3) is 0.500. The van der Waals surface area contributed by atoms with E-state index in [-0.39, 0.29) is 12.0 Å². The highest BCUT2D eigenvalue weighted by atomic mass is 32.2. The normalized spacial score (nSPS) is 17.3. The molecular formula is C12H13F3N2O3S. The van der Waals surface area contributed by atoms with Gasteiger partial charge in [-0.2, -0.15) is 13.2 Å². The van der Waals surface area contributed by atoms with Crippen LogP contribution in [0.15, 0.2) is 23.4 Å². The smallest absolute Gasteiger partial charge is 0.349 e. The molecule has 0 bridgehead atoms. The minimum Gasteiger partial charge on any atom is -0.349 e. The first kappa shape index (κ1) is 15.7. The van der Waals surface area contributed by atoms with E-state index in [0.29, 0.717) is 0 Å². The summed E-state index contributed by atoms with van der Waals surface area (Å²) >= 11 is 0. The van der Waals surface area contributed by atoms with Crippen LogP contribution in [0.1, 0.15) is 30.1 Å². The third-order valence-corrected chi connectivity index (χ3v) is 4.71. The van der Waals surface area contributed by atoms with Crippen molar-refractivity contribution in [2.24, 2.45) is 5.92 Å². The molecule has 0 spiro atoms. The molecule has 0 radical (unpaired) electrons. The van der Waals surface area contributed by atoms with E-state index in [0.717, 1.165) is 25.1 Å². The predicted molar refractivity (Wildman–Crippen MR) is 67.1 cm³/mol. The lowest BCUT2D eigenvalue weighted by molar-refractivity contribution is -0.0438. The Labute approximate surface area is 119 Å². The van der Waals surface area contributed by atoms with Crippen molar-refractivity contribution in [3.8, 4) is 0 Å². The van der Waals surface area contributed by atoms with Gasteiger partial charge in [0.05, 0.1) is 5.56 Å². The number of amides is 1. The zero-order valence-electron chi connectivity index (χ0n) is 11.0. The van der Waals surface area contributed by atoms with Gasteiger partial charge in [0.25, 0.3) is 15.7 Å². The van der Waals surface area contributed by atoms with Crippen molar-refractivity contribution in [2.45, 2.75) is 36.3 Å². The first-order valence-electron chi connectivity index (χ1n) is 6.22. The fourth-order valence-corrected chi connectivity index (χ4v) is 2.76. The molecule has 2 rings (SSSR count). The summed E-state index contributed by atoms with van der Waals surface area (Å²) in [5, 5.41) is 1.25. The van der Waals surface area contributed by atoms with Gasteiger partial charge in [0, 0.05) is 12.2 Å². The van der Waals surface area contributed by atoms with E-state index in [1.807, 2.05) is 0 Å². The Morgan fingerprint density at radius 3 is 2.57 bits per heavy atom. The lowest BCUT2D eigenvalue weighted by atomic mass is 10.2. The number of sulfone groups is 1. The average molecular weight is 322 g/mol. The van der Waals surface area contributed by atoms with Gasteiger partial charge in [0.2, 0.25) is 0 Å². The number of rotatable bonds is 4. The molecule has 1 heterocycles. The Hall–Kier alpha value is -1.64. The van der Waals surface area contributed by atoms with Crippen molar-refractivity contribution >= 4 is 15.7 Å². The Balaban J connectivity index is 2.35. The molecule has 21 heavy (non-hydrogen) atoms. The van der Waals surface area contributed by atoms with Crippen LogP contribution >= 0.6 is 0 Å². The number of carbonyl (C=O) groups excluding carboxylic acids is 1. The second-order valence-corrected chi connectivity index (χ2v) is 6.76. The first-order chi connectivity index (χ1) is 9.64. The molecule has 5 nitrogen and oxygen atoms in total. The summed E-state index contributed by atoms with van der Waals surface area (Å²) in [5.41, 5.74) is -6.10. The van der Waals surface area contributed by atoms with E-state index < -0.39 is 31.8 Å². The molecule has 1 aliphatic rings. The minimum atomic E-state index is -5.66. The van der Waals surface area contributed by atoms with Crippen molar-refractivity contribution in [1.29, 1.82) is 0 Å². The van der Waals surface area contributed by atoms with Crippen LogP contribution in [0.3, 0.4) is 0 Å². The summed E-state index contributed by atoms with van der Waals surface area (Å²) in [6.45, 7) is 1.73. The Morgan fingerprint density at radius 2 is 2.05 bits per heavy atom. The van der Waals surface area contributed by atoms with Crippen LogP contribution in [-0.4, -0.2) is 30.9 Å². The molecule has 116 valence electrons. The molecule has 0 aliphatic heterocycles. The lowest BCUT2D eigenvalue weighted by Gasteiger charge is -2.15. The molecule has 1 atom stereocenters. The number of nitrogens with one attached hydrogen (secondary N) is 1. The van der Waals surface area contributed by atoms with Crippen LogP contribution < -0.4 is 5.32 Å². The molecule has 0 saturated heterocycles. The molecule has 0 unspecified atom stereocenters. The number of hydrogen-bond donors (Lipinski definition) is 1. The number of pyridine rings is 1. The molecule has 1 amide bonds. The van der Waals surface area contributed by atoms with Crippen molar-refractivity contribution in [3.05, 3.63) is 23.9 Å². The monoisotopic (exact) mass is 322 g/mol. The maximum absolute atomic E-state index is 12.6. The van der Waals surface area contributed by atoms with Gasteiger partial charge < -0.3 is 5.32 Å². The Morgan fingerprint density at radius 1 is 1.43 bits per heavy atom. The molecule has 1 aromatic heterocycles. The van der Waals surface area contributed by atoms with E-state index in [4.69, 9.17) is 0 Å². The number of carbonyl (C=O) groups is 1. The summed E-state index contributed by atoms with van der Waals surface area (Å²) < 4.78 is 60.7. The third-order valence-electron chi connectivity index (χ3n) is 3.26. The molecule has 1 saturated carbocycles. The topological polar surface area (TPSA) is 76.1 Å². The molecule has 0 aromatic carbocycles. The Kier molecular flexibility index (Phi) is 3.96. The van der Waals surface area contributed by atoms with Crippen LogP contribution in [0.4, 0.5) is 13.2 Å². The molecular weight excluding hydrogens is 309 g/mol. The highest BCUT2D eigenvalue weighted by Gasteiger charge is 2.49. The number of nitrogens with zero attached hydrogens (tertiary/aromatic N) is 1. The largest absolute Gasteiger partial charge is 0.503 e. The lowest BCUT2D eigenvalue weighted by Crippen LogP contribution is -2.36. The zero-order valence-corrected chi connectivity index (χ0v) is 11.8. The Bertz CT molecular complexity index is 654. The summed E-state index contributed by atoms with van der Waals surface area (Å²) in [6.07, 6.45) is 2.77. The van der Waals surface area contributed by atoms with Gasteiger partial charge in [-0.05, 0) is 37.8 Å². The average Bonchev–Trinajstić information content (AvgIpc) is 3.21. The van der Waals surface area contributed by atoms with Crippen LogP contribution in [0.5, 0.6) is 0 Å². The standard InChI is InChI=1S/C12H13F3N2O3S/c1-7(8-4-5-8)17-10(18)9-3-2-6-16-11(9)21(19,20)12(13,14)15/h2-3,6-8H,4-5H2,1H3,(H,17,18)/t7-/m1/s1. The molecule has 1 aliphatic carbocycles. The van der Waals surface area contributed by atoms with E-state index in [1.54, 1.807) is 6.92 Å². The number of alkyl halides is 3. The van der Waals surface area contributed by atoms with E-state index in [1.165, 1.54) is 6.07 Å². The third kappa shape index (κ3) is 3.17. The van der Waals surface area contributed by atoms with Crippen LogP contribution in [0, 0.1) is 5.92 Å². The van der Waals surface area contributed by atoms with Gasteiger partial charge in [-0.3, -0.25) is 4.79 Å².